The van der Waals surface area contributed by atoms with Gasteiger partial charge in [0.15, 0.2) is 0 Å². The second-order valence-electron chi connectivity index (χ2n) is 3.76. The van der Waals surface area contributed by atoms with E-state index in [2.05, 4.69) is 5.10 Å². The number of hydrogen-bond acceptors (Lipinski definition) is 3. The standard InChI is InChI=1S/C10H14N2O3/c1-12-8(4-5-11-12)9-7(10(13)14)3-2-6-15-9/h4-5,7,9H,2-3,6H2,1H3,(H,13,14)/t7-,9-/m1/s1. The van der Waals surface area contributed by atoms with E-state index in [9.17, 15) is 4.79 Å². The molecule has 82 valence electrons. The summed E-state index contributed by atoms with van der Waals surface area (Å²) in [6, 6.07) is 1.81. The molecule has 1 aliphatic heterocycles. The Kier molecular flexibility index (Phi) is 2.73. The topological polar surface area (TPSA) is 64.4 Å². The van der Waals surface area contributed by atoms with Gasteiger partial charge in [-0.3, -0.25) is 9.48 Å². The lowest BCUT2D eigenvalue weighted by Crippen LogP contribution is -2.30. The molecule has 1 aromatic rings. The van der Waals surface area contributed by atoms with E-state index in [4.69, 9.17) is 9.84 Å². The van der Waals surface area contributed by atoms with Crippen LogP contribution in [0.2, 0.25) is 0 Å². The number of rotatable bonds is 2. The summed E-state index contributed by atoms with van der Waals surface area (Å²) in [5.41, 5.74) is 0.835. The smallest absolute Gasteiger partial charge is 0.309 e. The molecule has 0 amide bonds. The third-order valence-electron chi connectivity index (χ3n) is 2.79. The summed E-state index contributed by atoms with van der Waals surface area (Å²) in [5, 5.41) is 13.1. The molecule has 5 nitrogen and oxygen atoms in total. The second kappa shape index (κ2) is 4.02. The second-order valence-corrected chi connectivity index (χ2v) is 3.76. The van der Waals surface area contributed by atoms with Crippen molar-refractivity contribution in [3.05, 3.63) is 18.0 Å². The summed E-state index contributed by atoms with van der Waals surface area (Å²) < 4.78 is 7.21. The molecular weight excluding hydrogens is 196 g/mol. The van der Waals surface area contributed by atoms with Gasteiger partial charge in [0.05, 0.1) is 11.6 Å². The fourth-order valence-electron chi connectivity index (χ4n) is 1.99. The van der Waals surface area contributed by atoms with E-state index in [1.165, 1.54) is 0 Å². The van der Waals surface area contributed by atoms with Crippen molar-refractivity contribution < 1.29 is 14.6 Å². The van der Waals surface area contributed by atoms with Gasteiger partial charge < -0.3 is 9.84 Å². The van der Waals surface area contributed by atoms with Crippen molar-refractivity contribution in [1.29, 1.82) is 0 Å². The highest BCUT2D eigenvalue weighted by atomic mass is 16.5. The highest BCUT2D eigenvalue weighted by Gasteiger charge is 2.34. The quantitative estimate of drug-likeness (QED) is 0.790. The van der Waals surface area contributed by atoms with Gasteiger partial charge in [0, 0.05) is 19.9 Å². The van der Waals surface area contributed by atoms with Crippen molar-refractivity contribution in [3.8, 4) is 0 Å². The van der Waals surface area contributed by atoms with E-state index < -0.39 is 11.9 Å². The third-order valence-corrected chi connectivity index (χ3v) is 2.79. The zero-order valence-corrected chi connectivity index (χ0v) is 8.59. The van der Waals surface area contributed by atoms with Crippen LogP contribution in [-0.4, -0.2) is 27.5 Å². The van der Waals surface area contributed by atoms with Crippen molar-refractivity contribution in [3.63, 3.8) is 0 Å². The van der Waals surface area contributed by atoms with Gasteiger partial charge in [0.25, 0.3) is 0 Å². The van der Waals surface area contributed by atoms with Gasteiger partial charge in [-0.1, -0.05) is 0 Å². The van der Waals surface area contributed by atoms with Gasteiger partial charge in [0.1, 0.15) is 6.10 Å². The molecule has 5 heteroatoms. The van der Waals surface area contributed by atoms with Crippen LogP contribution in [0.25, 0.3) is 0 Å². The van der Waals surface area contributed by atoms with Crippen LogP contribution in [0.1, 0.15) is 24.6 Å². The minimum atomic E-state index is -0.791. The fraction of sp³-hybridized carbons (Fsp3) is 0.600. The Bertz CT molecular complexity index is 361. The number of carbonyl (C=O) groups is 1. The lowest BCUT2D eigenvalue weighted by Gasteiger charge is -2.28. The summed E-state index contributed by atoms with van der Waals surface area (Å²) in [6.45, 7) is 0.625. The minimum absolute atomic E-state index is 0.358. The summed E-state index contributed by atoms with van der Waals surface area (Å²) in [6.07, 6.45) is 2.78. The Balaban J connectivity index is 2.25. The number of aromatic nitrogens is 2. The van der Waals surface area contributed by atoms with Crippen LogP contribution in [0.4, 0.5) is 0 Å². The predicted octanol–water partition coefficient (Wildman–Crippen LogP) is 0.972. The van der Waals surface area contributed by atoms with E-state index in [0.717, 1.165) is 12.1 Å². The molecule has 0 saturated carbocycles. The molecule has 0 spiro atoms. The summed E-state index contributed by atoms with van der Waals surface area (Å²) in [7, 11) is 1.80. The molecule has 1 N–H and O–H groups in total. The maximum Gasteiger partial charge on any atom is 0.309 e. The highest BCUT2D eigenvalue weighted by Crippen LogP contribution is 2.33. The largest absolute Gasteiger partial charge is 0.481 e. The Morgan fingerprint density at radius 3 is 3.13 bits per heavy atom. The normalized spacial score (nSPS) is 26.5. The molecule has 0 radical (unpaired) electrons. The van der Waals surface area contributed by atoms with Crippen LogP contribution in [0.3, 0.4) is 0 Å². The number of carboxylic acids is 1. The minimum Gasteiger partial charge on any atom is -0.481 e. The van der Waals surface area contributed by atoms with E-state index in [0.29, 0.717) is 13.0 Å². The number of aliphatic carboxylic acids is 1. The van der Waals surface area contributed by atoms with E-state index in [1.54, 1.807) is 17.9 Å². The zero-order chi connectivity index (χ0) is 10.8. The van der Waals surface area contributed by atoms with E-state index in [1.807, 2.05) is 6.07 Å². The Hall–Kier alpha value is -1.36. The number of nitrogens with zero attached hydrogens (tertiary/aromatic N) is 2. The molecule has 15 heavy (non-hydrogen) atoms. The van der Waals surface area contributed by atoms with Gasteiger partial charge in [0.2, 0.25) is 0 Å². The first kappa shape index (κ1) is 10.2. The number of hydrogen-bond donors (Lipinski definition) is 1. The summed E-state index contributed by atoms with van der Waals surface area (Å²) in [5.74, 6) is -1.24. The molecule has 2 atom stereocenters. The predicted molar refractivity (Wildman–Crippen MR) is 52.3 cm³/mol. The van der Waals surface area contributed by atoms with Crippen LogP contribution < -0.4 is 0 Å². The molecule has 1 saturated heterocycles. The van der Waals surface area contributed by atoms with Gasteiger partial charge in [-0.05, 0) is 18.9 Å². The third kappa shape index (κ3) is 1.87. The molecule has 2 heterocycles. The van der Waals surface area contributed by atoms with E-state index >= 15 is 0 Å². The monoisotopic (exact) mass is 210 g/mol. The molecule has 2 rings (SSSR count). The van der Waals surface area contributed by atoms with Crippen LogP contribution in [0.15, 0.2) is 12.3 Å². The zero-order valence-electron chi connectivity index (χ0n) is 8.59. The first-order valence-corrected chi connectivity index (χ1v) is 5.02. The van der Waals surface area contributed by atoms with Crippen LogP contribution in [-0.2, 0) is 16.6 Å². The fourth-order valence-corrected chi connectivity index (χ4v) is 1.99. The molecular formula is C10H14N2O3. The molecule has 0 unspecified atom stereocenters. The lowest BCUT2D eigenvalue weighted by molar-refractivity contribution is -0.152. The van der Waals surface area contributed by atoms with Crippen LogP contribution in [0.5, 0.6) is 0 Å². The maximum absolute atomic E-state index is 11.1. The molecule has 0 bridgehead atoms. The van der Waals surface area contributed by atoms with Gasteiger partial charge in [-0.25, -0.2) is 0 Å². The van der Waals surface area contributed by atoms with Gasteiger partial charge >= 0.3 is 5.97 Å². The Morgan fingerprint density at radius 2 is 2.53 bits per heavy atom. The molecule has 1 fully saturated rings. The molecule has 1 aromatic heterocycles. The molecule has 1 aliphatic rings. The molecule has 0 aromatic carbocycles. The Morgan fingerprint density at radius 1 is 1.73 bits per heavy atom. The average Bonchev–Trinajstić information content (AvgIpc) is 2.64. The van der Waals surface area contributed by atoms with Crippen molar-refractivity contribution in [2.45, 2.75) is 18.9 Å². The van der Waals surface area contributed by atoms with Crippen molar-refractivity contribution >= 4 is 5.97 Å². The number of aryl methyl sites for hydroxylation is 1. The summed E-state index contributed by atoms with van der Waals surface area (Å²) >= 11 is 0. The number of carboxylic acid groups (broad SMARTS) is 1. The van der Waals surface area contributed by atoms with Crippen molar-refractivity contribution in [2.24, 2.45) is 13.0 Å². The van der Waals surface area contributed by atoms with Crippen molar-refractivity contribution in [1.82, 2.24) is 9.78 Å². The maximum atomic E-state index is 11.1. The van der Waals surface area contributed by atoms with Crippen molar-refractivity contribution in [2.75, 3.05) is 6.61 Å². The van der Waals surface area contributed by atoms with Crippen LogP contribution >= 0.6 is 0 Å². The van der Waals surface area contributed by atoms with Gasteiger partial charge in [-0.2, -0.15) is 5.10 Å². The van der Waals surface area contributed by atoms with Crippen LogP contribution in [0, 0.1) is 5.92 Å². The summed E-state index contributed by atoms with van der Waals surface area (Å²) in [4.78, 5) is 11.1. The lowest BCUT2D eigenvalue weighted by atomic mass is 9.92. The van der Waals surface area contributed by atoms with E-state index in [-0.39, 0.29) is 6.10 Å². The SMILES string of the molecule is Cn1nccc1[C@@H]1OCCC[C@H]1C(=O)O. The first-order chi connectivity index (χ1) is 7.20. The number of ether oxygens (including phenoxy) is 1. The highest BCUT2D eigenvalue weighted by molar-refractivity contribution is 5.71. The molecule has 0 aliphatic carbocycles. The Labute approximate surface area is 87.7 Å². The van der Waals surface area contributed by atoms with Gasteiger partial charge in [-0.15, -0.1) is 0 Å². The average molecular weight is 210 g/mol. The first-order valence-electron chi connectivity index (χ1n) is 5.02.